The molecule has 5 heteroatoms. The van der Waals surface area contributed by atoms with Crippen LogP contribution in [0.4, 0.5) is 0 Å². The van der Waals surface area contributed by atoms with Crippen molar-refractivity contribution in [3.63, 3.8) is 0 Å². The lowest BCUT2D eigenvalue weighted by Gasteiger charge is -2.37. The summed E-state index contributed by atoms with van der Waals surface area (Å²) in [6.07, 6.45) is 5.19. The number of nitrogens with one attached hydrogen (secondary N) is 1. The van der Waals surface area contributed by atoms with Crippen LogP contribution in [0.3, 0.4) is 0 Å². The number of nitrogens with two attached hydrogens (primary N) is 1. The van der Waals surface area contributed by atoms with E-state index in [2.05, 4.69) is 5.32 Å². The normalized spacial score (nSPS) is 18.4. The summed E-state index contributed by atoms with van der Waals surface area (Å²) in [7, 11) is 0. The van der Waals surface area contributed by atoms with Gasteiger partial charge in [-0.05, 0) is 37.5 Å². The molecule has 1 saturated carbocycles. The third-order valence-electron chi connectivity index (χ3n) is 4.27. The molecule has 1 aromatic carbocycles. The summed E-state index contributed by atoms with van der Waals surface area (Å²) >= 11 is 5.97. The van der Waals surface area contributed by atoms with Crippen LogP contribution in [0.1, 0.15) is 44.6 Å². The average molecular weight is 331 g/mol. The Balaban J connectivity index is 0.00000220. The summed E-state index contributed by atoms with van der Waals surface area (Å²) in [6, 6.07) is 7.72. The monoisotopic (exact) mass is 330 g/mol. The molecule has 1 fully saturated rings. The first kappa shape index (κ1) is 18.3. The minimum atomic E-state index is -0.410. The van der Waals surface area contributed by atoms with E-state index in [1.807, 2.05) is 31.2 Å². The van der Waals surface area contributed by atoms with Crippen LogP contribution in [0.15, 0.2) is 24.3 Å². The molecule has 1 aromatic rings. The van der Waals surface area contributed by atoms with Crippen molar-refractivity contribution < 1.29 is 4.79 Å². The zero-order valence-electron chi connectivity index (χ0n) is 12.4. The average Bonchev–Trinajstić information content (AvgIpc) is 2.48. The highest BCUT2D eigenvalue weighted by molar-refractivity contribution is 6.30. The van der Waals surface area contributed by atoms with Gasteiger partial charge in [0.1, 0.15) is 0 Å². The lowest BCUT2D eigenvalue weighted by molar-refractivity contribution is -0.128. The van der Waals surface area contributed by atoms with Crippen molar-refractivity contribution in [1.82, 2.24) is 5.32 Å². The molecule has 0 unspecified atom stereocenters. The number of halogens is 2. The molecule has 0 heterocycles. The van der Waals surface area contributed by atoms with Crippen LogP contribution >= 0.6 is 24.0 Å². The van der Waals surface area contributed by atoms with Crippen LogP contribution in [-0.2, 0) is 10.2 Å². The molecule has 21 heavy (non-hydrogen) atoms. The summed E-state index contributed by atoms with van der Waals surface area (Å²) < 4.78 is 0. The first-order valence-electron chi connectivity index (χ1n) is 7.35. The molecule has 118 valence electrons. The van der Waals surface area contributed by atoms with Crippen molar-refractivity contribution in [3.8, 4) is 0 Å². The Morgan fingerprint density at radius 2 is 1.86 bits per heavy atom. The number of benzene rings is 1. The van der Waals surface area contributed by atoms with Crippen LogP contribution in [0.5, 0.6) is 0 Å². The molecule has 1 aliphatic carbocycles. The van der Waals surface area contributed by atoms with Crippen LogP contribution in [-0.4, -0.2) is 18.5 Å². The Morgan fingerprint density at radius 1 is 1.29 bits per heavy atom. The van der Waals surface area contributed by atoms with Gasteiger partial charge in [-0.25, -0.2) is 0 Å². The van der Waals surface area contributed by atoms with Gasteiger partial charge < -0.3 is 11.1 Å². The third kappa shape index (κ3) is 4.12. The Bertz CT molecular complexity index is 456. The van der Waals surface area contributed by atoms with E-state index in [0.29, 0.717) is 11.6 Å². The Kier molecular flexibility index (Phi) is 6.98. The van der Waals surface area contributed by atoms with Crippen LogP contribution in [0.2, 0.25) is 5.02 Å². The summed E-state index contributed by atoms with van der Waals surface area (Å²) in [6.45, 7) is 2.40. The van der Waals surface area contributed by atoms with Crippen LogP contribution < -0.4 is 11.1 Å². The van der Waals surface area contributed by atoms with Crippen molar-refractivity contribution in [3.05, 3.63) is 34.9 Å². The Hall–Kier alpha value is -0.770. The minimum absolute atomic E-state index is 0. The summed E-state index contributed by atoms with van der Waals surface area (Å²) in [5, 5.41) is 3.76. The van der Waals surface area contributed by atoms with Crippen molar-refractivity contribution in [2.24, 2.45) is 5.73 Å². The molecule has 2 rings (SSSR count). The molecule has 0 bridgehead atoms. The molecule has 0 spiro atoms. The third-order valence-corrected chi connectivity index (χ3v) is 4.52. The van der Waals surface area contributed by atoms with Gasteiger partial charge >= 0.3 is 0 Å². The number of hydrogen-bond donors (Lipinski definition) is 2. The Labute approximate surface area is 138 Å². The van der Waals surface area contributed by atoms with Gasteiger partial charge in [0.2, 0.25) is 5.91 Å². The SMILES string of the molecule is C[C@@H](CN)NC(=O)C1(c2ccc(Cl)cc2)CCCCC1.Cl. The van der Waals surface area contributed by atoms with E-state index >= 15 is 0 Å². The second-order valence-corrected chi connectivity index (χ2v) is 6.20. The molecular formula is C16H24Cl2N2O. The van der Waals surface area contributed by atoms with Crippen molar-refractivity contribution in [2.45, 2.75) is 50.5 Å². The topological polar surface area (TPSA) is 55.1 Å². The number of amides is 1. The fourth-order valence-electron chi connectivity index (χ4n) is 2.99. The van der Waals surface area contributed by atoms with E-state index in [4.69, 9.17) is 17.3 Å². The highest BCUT2D eigenvalue weighted by Crippen LogP contribution is 2.40. The predicted octanol–water partition coefficient (Wildman–Crippen LogP) is 3.43. The van der Waals surface area contributed by atoms with Crippen LogP contribution in [0, 0.1) is 0 Å². The standard InChI is InChI=1S/C16H23ClN2O.ClH/c1-12(11-18)19-15(20)16(9-3-2-4-10-16)13-5-7-14(17)8-6-13;/h5-8,12H,2-4,9-11,18H2,1H3,(H,19,20);1H/t12-;/m0./s1. The van der Waals surface area contributed by atoms with E-state index < -0.39 is 5.41 Å². The predicted molar refractivity (Wildman–Crippen MR) is 90.1 cm³/mol. The van der Waals surface area contributed by atoms with Gasteiger partial charge in [0.25, 0.3) is 0 Å². The summed E-state index contributed by atoms with van der Waals surface area (Å²) in [4.78, 5) is 12.8. The summed E-state index contributed by atoms with van der Waals surface area (Å²) in [5.41, 5.74) is 6.28. The summed E-state index contributed by atoms with van der Waals surface area (Å²) in [5.74, 6) is 0.109. The molecular weight excluding hydrogens is 307 g/mol. The maximum absolute atomic E-state index is 12.8. The van der Waals surface area contributed by atoms with Crippen LogP contribution in [0.25, 0.3) is 0 Å². The zero-order chi connectivity index (χ0) is 14.6. The first-order valence-corrected chi connectivity index (χ1v) is 7.73. The van der Waals surface area contributed by atoms with Gasteiger partial charge in [-0.1, -0.05) is 43.0 Å². The minimum Gasteiger partial charge on any atom is -0.352 e. The van der Waals surface area contributed by atoms with Gasteiger partial charge in [-0.3, -0.25) is 4.79 Å². The molecule has 0 aliphatic heterocycles. The molecule has 3 nitrogen and oxygen atoms in total. The molecule has 0 saturated heterocycles. The molecule has 3 N–H and O–H groups in total. The zero-order valence-corrected chi connectivity index (χ0v) is 14.0. The van der Waals surface area contributed by atoms with Crippen molar-refractivity contribution in [2.75, 3.05) is 6.54 Å². The molecule has 1 aliphatic rings. The number of hydrogen-bond acceptors (Lipinski definition) is 2. The highest BCUT2D eigenvalue weighted by atomic mass is 35.5. The van der Waals surface area contributed by atoms with Gasteiger partial charge in [-0.15, -0.1) is 12.4 Å². The Morgan fingerprint density at radius 3 is 2.38 bits per heavy atom. The van der Waals surface area contributed by atoms with E-state index in [-0.39, 0.29) is 24.4 Å². The largest absolute Gasteiger partial charge is 0.352 e. The van der Waals surface area contributed by atoms with Crippen molar-refractivity contribution >= 4 is 29.9 Å². The number of carbonyl (C=O) groups is 1. The van der Waals surface area contributed by atoms with E-state index in [0.717, 1.165) is 31.2 Å². The quantitative estimate of drug-likeness (QED) is 0.888. The van der Waals surface area contributed by atoms with E-state index in [1.165, 1.54) is 6.42 Å². The smallest absolute Gasteiger partial charge is 0.230 e. The lowest BCUT2D eigenvalue weighted by Crippen LogP contribution is -2.50. The van der Waals surface area contributed by atoms with E-state index in [1.54, 1.807) is 0 Å². The first-order chi connectivity index (χ1) is 9.58. The fraction of sp³-hybridized carbons (Fsp3) is 0.562. The van der Waals surface area contributed by atoms with Gasteiger partial charge in [0, 0.05) is 17.6 Å². The molecule has 0 radical (unpaired) electrons. The maximum atomic E-state index is 12.8. The van der Waals surface area contributed by atoms with Gasteiger partial charge in [-0.2, -0.15) is 0 Å². The van der Waals surface area contributed by atoms with Crippen molar-refractivity contribution in [1.29, 1.82) is 0 Å². The maximum Gasteiger partial charge on any atom is 0.230 e. The second kappa shape index (κ2) is 8.02. The number of rotatable bonds is 4. The van der Waals surface area contributed by atoms with Gasteiger partial charge in [0.05, 0.1) is 5.41 Å². The fourth-order valence-corrected chi connectivity index (χ4v) is 3.12. The number of carbonyl (C=O) groups excluding carboxylic acids is 1. The van der Waals surface area contributed by atoms with Gasteiger partial charge in [0.15, 0.2) is 0 Å². The second-order valence-electron chi connectivity index (χ2n) is 5.76. The molecule has 1 atom stereocenters. The van der Waals surface area contributed by atoms with E-state index in [9.17, 15) is 4.79 Å². The molecule has 0 aromatic heterocycles. The molecule has 1 amide bonds. The highest BCUT2D eigenvalue weighted by Gasteiger charge is 2.41. The lowest BCUT2D eigenvalue weighted by atomic mass is 9.68.